The van der Waals surface area contributed by atoms with E-state index in [0.717, 1.165) is 0 Å². The topological polar surface area (TPSA) is 218 Å². The number of hydrogen-bond donors (Lipinski definition) is 4. The van der Waals surface area contributed by atoms with Crippen LogP contribution in [0.25, 0.3) is 44.5 Å². The highest BCUT2D eigenvalue weighted by atomic mass is 16.4. The molecule has 14 nitrogen and oxygen atoms in total. The van der Waals surface area contributed by atoms with Crippen LogP contribution in [0.3, 0.4) is 0 Å². The predicted molar refractivity (Wildman–Crippen MR) is 260 cm³/mol. The molecule has 0 aliphatic heterocycles. The lowest BCUT2D eigenvalue weighted by molar-refractivity contribution is 0.0686. The molecule has 10 rings (SSSR count). The summed E-state index contributed by atoms with van der Waals surface area (Å²) in [7, 11) is 0. The number of nitrogens with zero attached hydrogens (tertiary/aromatic N) is 8. The number of rotatable bonds is 6. The van der Waals surface area contributed by atoms with Gasteiger partial charge in [-0.15, -0.1) is 0 Å². The SMILES string of the molecule is O=C(O)c1ccc(O)cc1.O=C(O)c1ccc(O)cc1.c1cc(-c2ccncc2)ccn1.c1cc(-c2ccncc2)ccn1.c1cc(-c2ccncc2)ccn1.c1cc(-c2ccncc2)ccn1. The number of phenolic OH excluding ortho intramolecular Hbond substituents is 2. The highest BCUT2D eigenvalue weighted by molar-refractivity contribution is 5.88. The third-order valence-corrected chi connectivity index (χ3v) is 9.00. The number of carboxylic acids is 2. The molecule has 0 saturated carbocycles. The Labute approximate surface area is 392 Å². The molecular weight excluding hydrogens is 857 g/mol. The standard InChI is InChI=1S/4C10H8N2.2C7H6O3/c4*1-5-11-6-2-9(1)10-3-7-12-8-4-10;2*8-6-3-1-5(2-4-6)7(9)10/h4*1-8H;2*1-4,8H,(H,9,10). The molecule has 8 heterocycles. The van der Waals surface area contributed by atoms with Crippen molar-refractivity contribution < 1.29 is 30.0 Å². The molecule has 0 aliphatic carbocycles. The summed E-state index contributed by atoms with van der Waals surface area (Å²) >= 11 is 0. The molecule has 0 atom stereocenters. The van der Waals surface area contributed by atoms with Crippen molar-refractivity contribution in [3.05, 3.63) is 256 Å². The molecule has 8 aromatic heterocycles. The van der Waals surface area contributed by atoms with Crippen molar-refractivity contribution in [3.8, 4) is 56.0 Å². The van der Waals surface area contributed by atoms with Crippen LogP contribution < -0.4 is 0 Å². The van der Waals surface area contributed by atoms with Gasteiger partial charge in [-0.25, -0.2) is 9.59 Å². The van der Waals surface area contributed by atoms with Crippen molar-refractivity contribution in [1.29, 1.82) is 0 Å². The minimum absolute atomic E-state index is 0.0741. The fraction of sp³-hybridized carbons (Fsp3) is 0. The van der Waals surface area contributed by atoms with Gasteiger partial charge in [0.05, 0.1) is 11.1 Å². The molecule has 336 valence electrons. The fourth-order valence-electron chi connectivity index (χ4n) is 5.56. The predicted octanol–water partition coefficient (Wildman–Crippen LogP) is 10.8. The maximum Gasteiger partial charge on any atom is 0.335 e. The van der Waals surface area contributed by atoms with Crippen LogP contribution in [0.5, 0.6) is 11.5 Å². The van der Waals surface area contributed by atoms with E-state index in [2.05, 4.69) is 39.9 Å². The molecule has 0 saturated heterocycles. The van der Waals surface area contributed by atoms with Crippen LogP contribution >= 0.6 is 0 Å². The summed E-state index contributed by atoms with van der Waals surface area (Å²) in [6, 6.07) is 42.4. The lowest BCUT2D eigenvalue weighted by atomic mass is 10.1. The summed E-state index contributed by atoms with van der Waals surface area (Å²) in [5.74, 6) is -1.82. The zero-order valence-corrected chi connectivity index (χ0v) is 36.3. The van der Waals surface area contributed by atoms with Crippen molar-refractivity contribution in [2.45, 2.75) is 0 Å². The van der Waals surface area contributed by atoms with Crippen molar-refractivity contribution in [2.24, 2.45) is 0 Å². The number of carboxylic acid groups (broad SMARTS) is 2. The molecule has 14 heteroatoms. The van der Waals surface area contributed by atoms with E-state index in [-0.39, 0.29) is 22.6 Å². The lowest BCUT2D eigenvalue weighted by Crippen LogP contribution is -1.93. The zero-order valence-electron chi connectivity index (χ0n) is 36.3. The lowest BCUT2D eigenvalue weighted by Gasteiger charge is -1.97. The van der Waals surface area contributed by atoms with Crippen LogP contribution in [-0.2, 0) is 0 Å². The van der Waals surface area contributed by atoms with Crippen molar-refractivity contribution in [2.75, 3.05) is 0 Å². The van der Waals surface area contributed by atoms with Crippen LogP contribution in [0, 0.1) is 0 Å². The molecule has 0 spiro atoms. The second-order valence-electron chi connectivity index (χ2n) is 13.6. The van der Waals surface area contributed by atoms with Gasteiger partial charge in [-0.1, -0.05) is 0 Å². The Balaban J connectivity index is 0.000000153. The normalized spacial score (nSPS) is 9.53. The third kappa shape index (κ3) is 17.7. The molecule has 0 bridgehead atoms. The fourth-order valence-corrected chi connectivity index (χ4v) is 5.56. The average Bonchev–Trinajstić information content (AvgIpc) is 3.42. The molecule has 0 fully saturated rings. The molecule has 0 radical (unpaired) electrons. The molecule has 0 amide bonds. The molecule has 68 heavy (non-hydrogen) atoms. The Kier molecular flexibility index (Phi) is 20.3. The second kappa shape index (κ2) is 28.1. The van der Waals surface area contributed by atoms with E-state index in [9.17, 15) is 9.59 Å². The van der Waals surface area contributed by atoms with Crippen molar-refractivity contribution in [3.63, 3.8) is 0 Å². The number of carbonyl (C=O) groups is 2. The monoisotopic (exact) mass is 900 g/mol. The van der Waals surface area contributed by atoms with Crippen LogP contribution in [-0.4, -0.2) is 72.2 Å². The summed E-state index contributed by atoms with van der Waals surface area (Å²) in [4.78, 5) is 52.1. The van der Waals surface area contributed by atoms with Gasteiger partial charge in [-0.05, 0) is 190 Å². The molecular formula is C54H44N8O6. The maximum atomic E-state index is 10.2. The zero-order chi connectivity index (χ0) is 48.0. The van der Waals surface area contributed by atoms with Crippen molar-refractivity contribution >= 4 is 11.9 Å². The number of aromatic carboxylic acids is 2. The van der Waals surface area contributed by atoms with Crippen molar-refractivity contribution in [1.82, 2.24) is 39.9 Å². The molecule has 10 aromatic rings. The van der Waals surface area contributed by atoms with E-state index in [1.165, 1.54) is 93.0 Å². The van der Waals surface area contributed by atoms with Gasteiger partial charge >= 0.3 is 11.9 Å². The van der Waals surface area contributed by atoms with E-state index in [0.29, 0.717) is 0 Å². The van der Waals surface area contributed by atoms with E-state index in [4.69, 9.17) is 20.4 Å². The molecule has 0 unspecified atom stereocenters. The van der Waals surface area contributed by atoms with Gasteiger partial charge in [0.2, 0.25) is 0 Å². The smallest absolute Gasteiger partial charge is 0.335 e. The van der Waals surface area contributed by atoms with Gasteiger partial charge < -0.3 is 20.4 Å². The van der Waals surface area contributed by atoms with Crippen LogP contribution in [0.2, 0.25) is 0 Å². The number of hydrogen-bond acceptors (Lipinski definition) is 12. The first-order valence-corrected chi connectivity index (χ1v) is 20.5. The molecule has 2 aromatic carbocycles. The van der Waals surface area contributed by atoms with Gasteiger partial charge in [-0.3, -0.25) is 39.9 Å². The Morgan fingerprint density at radius 1 is 0.235 bits per heavy atom. The van der Waals surface area contributed by atoms with Gasteiger partial charge in [0, 0.05) is 99.1 Å². The van der Waals surface area contributed by atoms with Gasteiger partial charge in [-0.2, -0.15) is 0 Å². The van der Waals surface area contributed by atoms with Crippen LogP contribution in [0.15, 0.2) is 245 Å². The summed E-state index contributed by atoms with van der Waals surface area (Å²) in [5.41, 5.74) is 9.75. The van der Waals surface area contributed by atoms with Gasteiger partial charge in [0.15, 0.2) is 0 Å². The average molecular weight is 901 g/mol. The highest BCUT2D eigenvalue weighted by Crippen LogP contribution is 2.19. The second-order valence-corrected chi connectivity index (χ2v) is 13.6. The van der Waals surface area contributed by atoms with Gasteiger partial charge in [0.25, 0.3) is 0 Å². The minimum Gasteiger partial charge on any atom is -0.508 e. The number of pyridine rings is 8. The number of benzene rings is 2. The summed E-state index contributed by atoms with van der Waals surface area (Å²) in [6.07, 6.45) is 28.6. The Bertz CT molecular complexity index is 2410. The minimum atomic E-state index is -0.986. The first-order chi connectivity index (χ1) is 33.3. The summed E-state index contributed by atoms with van der Waals surface area (Å²) in [5, 5.41) is 34.3. The largest absolute Gasteiger partial charge is 0.508 e. The Morgan fingerprint density at radius 2 is 0.368 bits per heavy atom. The Hall–Kier alpha value is -9.82. The number of aromatic hydroxyl groups is 2. The summed E-state index contributed by atoms with van der Waals surface area (Å²) < 4.78 is 0. The third-order valence-electron chi connectivity index (χ3n) is 9.00. The first-order valence-electron chi connectivity index (χ1n) is 20.5. The van der Waals surface area contributed by atoms with E-state index in [1.807, 2.05) is 97.1 Å². The number of phenols is 2. The van der Waals surface area contributed by atoms with E-state index >= 15 is 0 Å². The van der Waals surface area contributed by atoms with E-state index in [1.54, 1.807) is 99.1 Å². The molecule has 0 aliphatic rings. The van der Waals surface area contributed by atoms with Gasteiger partial charge in [0.1, 0.15) is 11.5 Å². The first kappa shape index (κ1) is 49.2. The maximum absolute atomic E-state index is 10.2. The van der Waals surface area contributed by atoms with E-state index < -0.39 is 11.9 Å². The summed E-state index contributed by atoms with van der Waals surface area (Å²) in [6.45, 7) is 0. The Morgan fingerprint density at radius 3 is 0.485 bits per heavy atom. The van der Waals surface area contributed by atoms with Crippen LogP contribution in [0.4, 0.5) is 0 Å². The number of aromatic nitrogens is 8. The quantitative estimate of drug-likeness (QED) is 0.122. The van der Waals surface area contributed by atoms with Crippen LogP contribution in [0.1, 0.15) is 20.7 Å². The highest BCUT2D eigenvalue weighted by Gasteiger charge is 2.01. The molecule has 4 N–H and O–H groups in total.